The lowest BCUT2D eigenvalue weighted by molar-refractivity contribution is 0.115. The maximum absolute atomic E-state index is 3.51. The van der Waals surface area contributed by atoms with E-state index in [9.17, 15) is 0 Å². The van der Waals surface area contributed by atoms with Gasteiger partial charge in [0.1, 0.15) is 0 Å². The Hall–Kier alpha value is -0.0800. The van der Waals surface area contributed by atoms with Crippen LogP contribution in [0.15, 0.2) is 0 Å². The largest absolute Gasteiger partial charge is 0.316 e. The molecule has 0 aromatic rings. The molecule has 0 saturated carbocycles. The van der Waals surface area contributed by atoms with E-state index in [4.69, 9.17) is 0 Å². The summed E-state index contributed by atoms with van der Waals surface area (Å²) < 4.78 is 0. The van der Waals surface area contributed by atoms with Crippen LogP contribution >= 0.6 is 0 Å². The Morgan fingerprint density at radius 2 is 1.64 bits per heavy atom. The second kappa shape index (κ2) is 3.82. The smallest absolute Gasteiger partial charge is 0.0176 e. The second-order valence-corrected chi connectivity index (χ2v) is 5.29. The van der Waals surface area contributed by atoms with Gasteiger partial charge in [0.05, 0.1) is 0 Å². The molecule has 0 aliphatic carbocycles. The molecule has 82 valence electrons. The molecule has 2 nitrogen and oxygen atoms in total. The number of hydrogen-bond donors (Lipinski definition) is 1. The first kappa shape index (κ1) is 10.4. The minimum absolute atomic E-state index is 0.463. The van der Waals surface area contributed by atoms with Crippen molar-refractivity contribution in [3.8, 4) is 0 Å². The molecule has 0 aromatic heterocycles. The van der Waals surface area contributed by atoms with Gasteiger partial charge in [0.25, 0.3) is 0 Å². The molecule has 0 spiro atoms. The zero-order valence-corrected chi connectivity index (χ0v) is 9.84. The fraction of sp³-hybridized carbons (Fsp3) is 1.00. The molecule has 2 fully saturated rings. The third-order valence-corrected chi connectivity index (χ3v) is 4.68. The molecule has 0 bridgehead atoms. The van der Waals surface area contributed by atoms with Crippen molar-refractivity contribution in [3.05, 3.63) is 0 Å². The number of likely N-dealkylation sites (tertiary alicyclic amines) is 1. The van der Waals surface area contributed by atoms with Crippen LogP contribution in [0.2, 0.25) is 0 Å². The number of fused-ring (bicyclic) bond motifs is 1. The highest BCUT2D eigenvalue weighted by molar-refractivity contribution is 4.97. The van der Waals surface area contributed by atoms with Gasteiger partial charge in [0.15, 0.2) is 0 Å². The van der Waals surface area contributed by atoms with Crippen molar-refractivity contribution in [1.82, 2.24) is 10.2 Å². The normalized spacial score (nSPS) is 33.6. The molecular weight excluding hydrogens is 172 g/mol. The molecule has 2 rings (SSSR count). The zero-order valence-electron chi connectivity index (χ0n) is 9.84. The van der Waals surface area contributed by atoms with E-state index in [1.165, 1.54) is 39.0 Å². The summed E-state index contributed by atoms with van der Waals surface area (Å²) in [6, 6.07) is 0. The van der Waals surface area contributed by atoms with Crippen LogP contribution in [0.1, 0.15) is 33.6 Å². The highest BCUT2D eigenvalue weighted by Gasteiger charge is 2.41. The standard InChI is InChI=1S/C12H24N2/c1-4-12(3,5-2)14-8-10-6-13-7-11(10)9-14/h10-11,13H,4-9H2,1-3H3. The molecule has 2 unspecified atom stereocenters. The summed E-state index contributed by atoms with van der Waals surface area (Å²) in [5.41, 5.74) is 0.463. The molecule has 0 amide bonds. The van der Waals surface area contributed by atoms with Crippen LogP contribution in [-0.2, 0) is 0 Å². The Labute approximate surface area is 88.1 Å². The highest BCUT2D eigenvalue weighted by atomic mass is 15.2. The van der Waals surface area contributed by atoms with E-state index in [1.54, 1.807) is 0 Å². The molecule has 2 atom stereocenters. The summed E-state index contributed by atoms with van der Waals surface area (Å²) in [5, 5.41) is 3.51. The van der Waals surface area contributed by atoms with Crippen molar-refractivity contribution in [2.75, 3.05) is 26.2 Å². The SMILES string of the molecule is CCC(C)(CC)N1CC2CNCC2C1. The molecule has 1 N–H and O–H groups in total. The van der Waals surface area contributed by atoms with Gasteiger partial charge in [0.2, 0.25) is 0 Å². The van der Waals surface area contributed by atoms with Gasteiger partial charge in [-0.2, -0.15) is 0 Å². The van der Waals surface area contributed by atoms with E-state index in [2.05, 4.69) is 31.0 Å². The third kappa shape index (κ3) is 1.59. The van der Waals surface area contributed by atoms with Gasteiger partial charge in [0, 0.05) is 18.6 Å². The van der Waals surface area contributed by atoms with E-state index in [-0.39, 0.29) is 0 Å². The molecule has 2 aliphatic rings. The van der Waals surface area contributed by atoms with Crippen molar-refractivity contribution in [3.63, 3.8) is 0 Å². The van der Waals surface area contributed by atoms with Gasteiger partial charge in [-0.1, -0.05) is 13.8 Å². The number of nitrogens with one attached hydrogen (secondary N) is 1. The second-order valence-electron chi connectivity index (χ2n) is 5.29. The van der Waals surface area contributed by atoms with Crippen LogP contribution in [0.4, 0.5) is 0 Å². The van der Waals surface area contributed by atoms with Crippen LogP contribution in [-0.4, -0.2) is 36.6 Å². The lowest BCUT2D eigenvalue weighted by Crippen LogP contribution is -2.45. The molecule has 0 aromatic carbocycles. The predicted molar refractivity (Wildman–Crippen MR) is 60.4 cm³/mol. The number of rotatable bonds is 3. The van der Waals surface area contributed by atoms with Gasteiger partial charge in [-0.25, -0.2) is 0 Å². The Balaban J connectivity index is 2.00. The zero-order chi connectivity index (χ0) is 10.2. The molecule has 0 radical (unpaired) electrons. The van der Waals surface area contributed by atoms with Crippen LogP contribution in [0, 0.1) is 11.8 Å². The molecular formula is C12H24N2. The van der Waals surface area contributed by atoms with Crippen LogP contribution in [0.5, 0.6) is 0 Å². The molecule has 2 heterocycles. The summed E-state index contributed by atoms with van der Waals surface area (Å²) in [6.07, 6.45) is 2.58. The maximum atomic E-state index is 3.51. The monoisotopic (exact) mass is 196 g/mol. The number of nitrogens with zero attached hydrogens (tertiary/aromatic N) is 1. The Morgan fingerprint density at radius 1 is 1.14 bits per heavy atom. The van der Waals surface area contributed by atoms with Gasteiger partial charge < -0.3 is 5.32 Å². The molecule has 2 saturated heterocycles. The average molecular weight is 196 g/mol. The van der Waals surface area contributed by atoms with E-state index >= 15 is 0 Å². The fourth-order valence-electron chi connectivity index (χ4n) is 2.99. The van der Waals surface area contributed by atoms with Gasteiger partial charge in [-0.15, -0.1) is 0 Å². The predicted octanol–water partition coefficient (Wildman–Crippen LogP) is 1.72. The van der Waals surface area contributed by atoms with Crippen molar-refractivity contribution < 1.29 is 0 Å². The van der Waals surface area contributed by atoms with Crippen molar-refractivity contribution in [1.29, 1.82) is 0 Å². The Kier molecular flexibility index (Phi) is 2.85. The van der Waals surface area contributed by atoms with E-state index in [0.29, 0.717) is 5.54 Å². The van der Waals surface area contributed by atoms with E-state index < -0.39 is 0 Å². The average Bonchev–Trinajstić information content (AvgIpc) is 2.76. The minimum Gasteiger partial charge on any atom is -0.316 e. The van der Waals surface area contributed by atoms with Crippen LogP contribution in [0.25, 0.3) is 0 Å². The minimum atomic E-state index is 0.463. The lowest BCUT2D eigenvalue weighted by Gasteiger charge is -2.38. The van der Waals surface area contributed by atoms with E-state index in [1.807, 2.05) is 0 Å². The van der Waals surface area contributed by atoms with Gasteiger partial charge in [-0.05, 0) is 44.7 Å². The molecule has 2 aliphatic heterocycles. The summed E-state index contributed by atoms with van der Waals surface area (Å²) in [7, 11) is 0. The summed E-state index contributed by atoms with van der Waals surface area (Å²) in [4.78, 5) is 2.74. The van der Waals surface area contributed by atoms with Gasteiger partial charge in [-0.3, -0.25) is 4.90 Å². The highest BCUT2D eigenvalue weighted by Crippen LogP contribution is 2.34. The number of hydrogen-bond acceptors (Lipinski definition) is 2. The maximum Gasteiger partial charge on any atom is 0.0176 e. The first-order valence-electron chi connectivity index (χ1n) is 6.15. The van der Waals surface area contributed by atoms with Crippen molar-refractivity contribution in [2.24, 2.45) is 11.8 Å². The lowest BCUT2D eigenvalue weighted by atomic mass is 9.93. The topological polar surface area (TPSA) is 15.3 Å². The Morgan fingerprint density at radius 3 is 2.07 bits per heavy atom. The molecule has 2 heteroatoms. The quantitative estimate of drug-likeness (QED) is 0.739. The van der Waals surface area contributed by atoms with E-state index in [0.717, 1.165) is 11.8 Å². The molecule has 14 heavy (non-hydrogen) atoms. The van der Waals surface area contributed by atoms with Crippen LogP contribution in [0.3, 0.4) is 0 Å². The third-order valence-electron chi connectivity index (χ3n) is 4.68. The summed E-state index contributed by atoms with van der Waals surface area (Å²) >= 11 is 0. The van der Waals surface area contributed by atoms with Crippen LogP contribution < -0.4 is 5.32 Å². The summed E-state index contributed by atoms with van der Waals surface area (Å²) in [6.45, 7) is 12.3. The first-order chi connectivity index (χ1) is 6.69. The fourth-order valence-corrected chi connectivity index (χ4v) is 2.99. The van der Waals surface area contributed by atoms with Gasteiger partial charge >= 0.3 is 0 Å². The van der Waals surface area contributed by atoms with Crippen molar-refractivity contribution >= 4 is 0 Å². The summed E-state index contributed by atoms with van der Waals surface area (Å²) in [5.74, 6) is 1.87. The first-order valence-corrected chi connectivity index (χ1v) is 6.15. The van der Waals surface area contributed by atoms with Crippen molar-refractivity contribution in [2.45, 2.75) is 39.2 Å². The Bertz CT molecular complexity index is 186.